The molecule has 0 N–H and O–H groups in total. The van der Waals surface area contributed by atoms with Crippen LogP contribution in [0, 0.1) is 0 Å². The van der Waals surface area contributed by atoms with Crippen molar-refractivity contribution in [2.24, 2.45) is 0 Å². The van der Waals surface area contributed by atoms with Gasteiger partial charge < -0.3 is 13.9 Å². The predicted molar refractivity (Wildman–Crippen MR) is 54.6 cm³/mol. The van der Waals surface area contributed by atoms with Crippen LogP contribution in [0.3, 0.4) is 0 Å². The molecule has 3 nitrogen and oxygen atoms in total. The van der Waals surface area contributed by atoms with Crippen LogP contribution >= 0.6 is 0 Å². The number of epoxide rings is 1. The monoisotopic (exact) mass is 204 g/mol. The van der Waals surface area contributed by atoms with E-state index in [0.717, 1.165) is 32.8 Å². The second-order valence-electron chi connectivity index (χ2n) is 3.44. The second-order valence-corrected chi connectivity index (χ2v) is 5.97. The summed E-state index contributed by atoms with van der Waals surface area (Å²) in [5, 5.41) is 0. The molecule has 0 amide bonds. The van der Waals surface area contributed by atoms with E-state index in [-0.39, 0.29) is 0 Å². The molecule has 0 aromatic heterocycles. The SMILES string of the molecule is CCO[Si@H](C)CCCOCC1CO1. The van der Waals surface area contributed by atoms with Crippen LogP contribution in [-0.4, -0.2) is 41.6 Å². The van der Waals surface area contributed by atoms with Crippen LogP contribution in [0.2, 0.25) is 12.6 Å². The summed E-state index contributed by atoms with van der Waals surface area (Å²) in [4.78, 5) is 0. The Bertz CT molecular complexity index is 128. The van der Waals surface area contributed by atoms with Crippen LogP contribution in [0.5, 0.6) is 0 Å². The lowest BCUT2D eigenvalue weighted by molar-refractivity contribution is 0.116. The maximum Gasteiger partial charge on any atom is 0.173 e. The van der Waals surface area contributed by atoms with Gasteiger partial charge in [0, 0.05) is 13.2 Å². The molecule has 0 spiro atoms. The lowest BCUT2D eigenvalue weighted by atomic mass is 10.5. The van der Waals surface area contributed by atoms with Crippen molar-refractivity contribution in [3.63, 3.8) is 0 Å². The second kappa shape index (κ2) is 6.54. The average molecular weight is 204 g/mol. The molecule has 0 radical (unpaired) electrons. The molecule has 0 saturated carbocycles. The highest BCUT2D eigenvalue weighted by Crippen LogP contribution is 2.09. The smallest absolute Gasteiger partial charge is 0.173 e. The average Bonchev–Trinajstić information content (AvgIpc) is 2.88. The molecule has 0 bridgehead atoms. The van der Waals surface area contributed by atoms with Gasteiger partial charge in [0.05, 0.1) is 13.2 Å². The van der Waals surface area contributed by atoms with E-state index in [1.165, 1.54) is 6.04 Å². The van der Waals surface area contributed by atoms with Gasteiger partial charge in [-0.1, -0.05) is 0 Å². The Balaban J connectivity index is 1.76. The standard InChI is InChI=1S/C9H20O3Si/c1-3-12-13(2)6-4-5-10-7-9-8-11-9/h9,13H,3-8H2,1-2H3/t9?,13-/m1/s1. The third-order valence-corrected chi connectivity index (χ3v) is 4.18. The van der Waals surface area contributed by atoms with Gasteiger partial charge in [0.25, 0.3) is 0 Å². The molecule has 1 aliphatic heterocycles. The summed E-state index contributed by atoms with van der Waals surface area (Å²) in [5.74, 6) is 0. The first-order chi connectivity index (χ1) is 6.33. The van der Waals surface area contributed by atoms with Crippen LogP contribution in [-0.2, 0) is 13.9 Å². The largest absolute Gasteiger partial charge is 0.421 e. The fraction of sp³-hybridized carbons (Fsp3) is 1.00. The van der Waals surface area contributed by atoms with Crippen molar-refractivity contribution in [3.05, 3.63) is 0 Å². The van der Waals surface area contributed by atoms with Crippen LogP contribution in [0.1, 0.15) is 13.3 Å². The van der Waals surface area contributed by atoms with Gasteiger partial charge in [-0.05, 0) is 25.9 Å². The van der Waals surface area contributed by atoms with Gasteiger partial charge >= 0.3 is 0 Å². The lowest BCUT2D eigenvalue weighted by Gasteiger charge is -2.09. The summed E-state index contributed by atoms with van der Waals surface area (Å²) < 4.78 is 16.0. The van der Waals surface area contributed by atoms with Gasteiger partial charge in [-0.3, -0.25) is 0 Å². The van der Waals surface area contributed by atoms with E-state index in [1.54, 1.807) is 0 Å². The summed E-state index contributed by atoms with van der Waals surface area (Å²) in [6.45, 7) is 7.71. The Morgan fingerprint density at radius 1 is 1.54 bits per heavy atom. The zero-order chi connectivity index (χ0) is 9.52. The molecule has 0 aliphatic carbocycles. The maximum absolute atomic E-state index is 5.54. The molecule has 1 saturated heterocycles. The topological polar surface area (TPSA) is 31.0 Å². The van der Waals surface area contributed by atoms with Crippen molar-refractivity contribution in [2.75, 3.05) is 26.4 Å². The van der Waals surface area contributed by atoms with Gasteiger partial charge in [0.2, 0.25) is 0 Å². The zero-order valence-electron chi connectivity index (χ0n) is 8.62. The summed E-state index contributed by atoms with van der Waals surface area (Å²) in [7, 11) is -0.865. The van der Waals surface area contributed by atoms with E-state index in [2.05, 4.69) is 13.5 Å². The molecular formula is C9H20O3Si. The molecule has 4 heteroatoms. The van der Waals surface area contributed by atoms with E-state index in [9.17, 15) is 0 Å². The predicted octanol–water partition coefficient (Wildman–Crippen LogP) is 1.18. The van der Waals surface area contributed by atoms with Crippen molar-refractivity contribution in [1.29, 1.82) is 0 Å². The fourth-order valence-electron chi connectivity index (χ4n) is 1.22. The van der Waals surface area contributed by atoms with Crippen molar-refractivity contribution >= 4 is 9.04 Å². The quantitative estimate of drug-likeness (QED) is 0.338. The number of rotatable bonds is 8. The first-order valence-corrected chi connectivity index (χ1v) is 7.58. The molecule has 2 atom stereocenters. The summed E-state index contributed by atoms with van der Waals surface area (Å²) in [6.07, 6.45) is 1.54. The molecule has 13 heavy (non-hydrogen) atoms. The van der Waals surface area contributed by atoms with Gasteiger partial charge in [-0.15, -0.1) is 0 Å². The molecule has 0 aromatic rings. The van der Waals surface area contributed by atoms with Gasteiger partial charge in [-0.25, -0.2) is 0 Å². The van der Waals surface area contributed by atoms with Crippen LogP contribution in [0.15, 0.2) is 0 Å². The molecule has 0 aromatic carbocycles. The Hall–Kier alpha value is 0.0969. The maximum atomic E-state index is 5.54. The third-order valence-electron chi connectivity index (χ3n) is 2.06. The van der Waals surface area contributed by atoms with E-state index in [0.29, 0.717) is 6.10 Å². The summed E-state index contributed by atoms with van der Waals surface area (Å²) in [5.41, 5.74) is 0. The minimum Gasteiger partial charge on any atom is -0.421 e. The molecular weight excluding hydrogens is 184 g/mol. The highest BCUT2D eigenvalue weighted by Gasteiger charge is 2.21. The Kier molecular flexibility index (Phi) is 5.62. The van der Waals surface area contributed by atoms with E-state index in [1.807, 2.05) is 0 Å². The van der Waals surface area contributed by atoms with Gasteiger partial charge in [0.15, 0.2) is 9.04 Å². The van der Waals surface area contributed by atoms with E-state index in [4.69, 9.17) is 13.9 Å². The van der Waals surface area contributed by atoms with Crippen molar-refractivity contribution < 1.29 is 13.9 Å². The molecule has 1 unspecified atom stereocenters. The summed E-state index contributed by atoms with van der Waals surface area (Å²) >= 11 is 0. The van der Waals surface area contributed by atoms with Crippen LogP contribution < -0.4 is 0 Å². The van der Waals surface area contributed by atoms with Gasteiger partial charge in [0.1, 0.15) is 6.10 Å². The molecule has 1 aliphatic rings. The molecule has 1 heterocycles. The van der Waals surface area contributed by atoms with Crippen molar-refractivity contribution in [1.82, 2.24) is 0 Å². The third kappa shape index (κ3) is 6.21. The van der Waals surface area contributed by atoms with E-state index < -0.39 is 9.04 Å². The highest BCUT2D eigenvalue weighted by molar-refractivity contribution is 6.50. The highest BCUT2D eigenvalue weighted by atomic mass is 28.3. The number of hydrogen-bond acceptors (Lipinski definition) is 3. The Labute approximate surface area is 82.1 Å². The first-order valence-electron chi connectivity index (χ1n) is 5.14. The van der Waals surface area contributed by atoms with Crippen molar-refractivity contribution in [3.8, 4) is 0 Å². The normalized spacial score (nSPS) is 23.1. The fourth-order valence-corrected chi connectivity index (χ4v) is 2.70. The van der Waals surface area contributed by atoms with E-state index >= 15 is 0 Å². The molecule has 1 rings (SSSR count). The van der Waals surface area contributed by atoms with Crippen LogP contribution in [0.25, 0.3) is 0 Å². The minimum atomic E-state index is -0.865. The molecule has 1 fully saturated rings. The zero-order valence-corrected chi connectivity index (χ0v) is 9.78. The minimum absolute atomic E-state index is 0.404. The van der Waals surface area contributed by atoms with Crippen LogP contribution in [0.4, 0.5) is 0 Å². The Morgan fingerprint density at radius 3 is 2.92 bits per heavy atom. The Morgan fingerprint density at radius 2 is 2.31 bits per heavy atom. The van der Waals surface area contributed by atoms with Gasteiger partial charge in [-0.2, -0.15) is 0 Å². The number of hydrogen-bond donors (Lipinski definition) is 0. The van der Waals surface area contributed by atoms with Crippen molar-refractivity contribution in [2.45, 2.75) is 32.0 Å². The first kappa shape index (κ1) is 11.2. The lowest BCUT2D eigenvalue weighted by Crippen LogP contribution is -2.14. The summed E-state index contributed by atoms with van der Waals surface area (Å²) in [6, 6.07) is 1.22. The molecule has 78 valence electrons. The number of ether oxygens (including phenoxy) is 2.